The van der Waals surface area contributed by atoms with Crippen molar-refractivity contribution >= 4 is 28.9 Å². The van der Waals surface area contributed by atoms with Crippen LogP contribution in [0.5, 0.6) is 0 Å². The third-order valence-electron chi connectivity index (χ3n) is 6.63. The van der Waals surface area contributed by atoms with Crippen LogP contribution in [0, 0.1) is 0 Å². The first kappa shape index (κ1) is 24.3. The Morgan fingerprint density at radius 2 is 1.75 bits per heavy atom. The number of halogens is 3. The van der Waals surface area contributed by atoms with Crippen LogP contribution in [0.3, 0.4) is 0 Å². The predicted octanol–water partition coefficient (Wildman–Crippen LogP) is 2.44. The topological polar surface area (TPSA) is 109 Å². The van der Waals surface area contributed by atoms with Gasteiger partial charge in [0.15, 0.2) is 5.82 Å². The molecule has 3 aliphatic rings. The van der Waals surface area contributed by atoms with Crippen molar-refractivity contribution in [2.45, 2.75) is 25.1 Å². The first-order valence-corrected chi connectivity index (χ1v) is 12.0. The number of piperidine rings is 1. The maximum atomic E-state index is 14.2. The smallest absolute Gasteiger partial charge is 0.386 e. The Balaban J connectivity index is 1.59. The van der Waals surface area contributed by atoms with Gasteiger partial charge in [0.2, 0.25) is 0 Å². The highest BCUT2D eigenvalue weighted by Gasteiger charge is 2.38. The second-order valence-electron chi connectivity index (χ2n) is 9.05. The summed E-state index contributed by atoms with van der Waals surface area (Å²) in [6.07, 6.45) is 0.00541. The van der Waals surface area contributed by atoms with E-state index >= 15 is 0 Å². The second kappa shape index (κ2) is 9.94. The maximum absolute atomic E-state index is 14.2. The molecule has 0 bridgehead atoms. The summed E-state index contributed by atoms with van der Waals surface area (Å²) in [4.78, 5) is 19.0. The Morgan fingerprint density at radius 3 is 2.47 bits per heavy atom. The van der Waals surface area contributed by atoms with Crippen molar-refractivity contribution in [3.05, 3.63) is 47.9 Å². The summed E-state index contributed by atoms with van der Waals surface area (Å²) >= 11 is 0. The van der Waals surface area contributed by atoms with E-state index < -0.39 is 11.7 Å². The van der Waals surface area contributed by atoms with Crippen LogP contribution in [0.25, 0.3) is 5.70 Å². The number of aromatic nitrogens is 2. The lowest BCUT2D eigenvalue weighted by Crippen LogP contribution is -2.42. The fourth-order valence-corrected chi connectivity index (χ4v) is 4.70. The number of hydrogen-bond donors (Lipinski definition) is 2. The van der Waals surface area contributed by atoms with Crippen LogP contribution in [0.15, 0.2) is 41.7 Å². The number of anilines is 3. The number of morpholine rings is 1. The Labute approximate surface area is 207 Å². The monoisotopic (exact) mass is 502 g/mol. The molecule has 4 N–H and O–H groups in total. The standard InChI is InChI=1S/C24H29F3N8O/c25-24(26,27)17-3-4-21(34-10-12-36-13-11-34)32-22(17)19-14-31-20(29)15-35(19)23-18(2-1-7-30-23)33-8-5-16(28)6-9-33/h1-4,7,14,16H,5-6,8-13,15,28H2,(H2,29,31). The Bertz CT molecular complexity index is 1150. The van der Waals surface area contributed by atoms with Crippen molar-refractivity contribution in [3.8, 4) is 0 Å². The molecule has 0 aliphatic carbocycles. The number of ether oxygens (including phenoxy) is 1. The third kappa shape index (κ3) is 4.96. The molecule has 0 atom stereocenters. The Morgan fingerprint density at radius 1 is 1.00 bits per heavy atom. The van der Waals surface area contributed by atoms with Gasteiger partial charge in [-0.1, -0.05) is 0 Å². The van der Waals surface area contributed by atoms with Gasteiger partial charge < -0.3 is 30.9 Å². The van der Waals surface area contributed by atoms with Crippen LogP contribution in [0.4, 0.5) is 30.5 Å². The van der Waals surface area contributed by atoms with E-state index in [2.05, 4.69) is 19.9 Å². The third-order valence-corrected chi connectivity index (χ3v) is 6.63. The fourth-order valence-electron chi connectivity index (χ4n) is 4.70. The number of nitrogens with zero attached hydrogens (tertiary/aromatic N) is 6. The fraction of sp³-hybridized carbons (Fsp3) is 0.458. The summed E-state index contributed by atoms with van der Waals surface area (Å²) in [5, 5.41) is 0. The van der Waals surface area contributed by atoms with Crippen LogP contribution < -0.4 is 26.2 Å². The molecule has 0 saturated carbocycles. The Hall–Kier alpha value is -3.38. The first-order chi connectivity index (χ1) is 17.3. The van der Waals surface area contributed by atoms with Crippen molar-refractivity contribution in [3.63, 3.8) is 0 Å². The van der Waals surface area contributed by atoms with Gasteiger partial charge >= 0.3 is 6.18 Å². The van der Waals surface area contributed by atoms with Gasteiger partial charge in [0.05, 0.1) is 42.9 Å². The highest BCUT2D eigenvalue weighted by molar-refractivity contribution is 5.96. The summed E-state index contributed by atoms with van der Waals surface area (Å²) in [6.45, 7) is 3.63. The number of pyridine rings is 2. The molecule has 0 amide bonds. The lowest BCUT2D eigenvalue weighted by atomic mass is 10.0. The number of aliphatic imine (C=N–C) groups is 1. The lowest BCUT2D eigenvalue weighted by Gasteiger charge is -2.36. The largest absolute Gasteiger partial charge is 0.418 e. The number of alkyl halides is 3. The molecular weight excluding hydrogens is 473 g/mol. The summed E-state index contributed by atoms with van der Waals surface area (Å²) < 4.78 is 47.9. The molecule has 5 heterocycles. The average Bonchev–Trinajstić information content (AvgIpc) is 2.89. The van der Waals surface area contributed by atoms with E-state index in [-0.39, 0.29) is 29.8 Å². The van der Waals surface area contributed by atoms with Gasteiger partial charge in [-0.05, 0) is 37.1 Å². The number of rotatable bonds is 4. The van der Waals surface area contributed by atoms with Gasteiger partial charge in [0.25, 0.3) is 0 Å². The van der Waals surface area contributed by atoms with Crippen LogP contribution in [0.2, 0.25) is 0 Å². The molecule has 0 aromatic carbocycles. The summed E-state index contributed by atoms with van der Waals surface area (Å²) in [5.74, 6) is 1.23. The minimum atomic E-state index is -4.61. The summed E-state index contributed by atoms with van der Waals surface area (Å²) in [5.41, 5.74) is 12.1. The van der Waals surface area contributed by atoms with E-state index in [0.717, 1.165) is 37.7 Å². The second-order valence-corrected chi connectivity index (χ2v) is 9.05. The molecule has 3 aliphatic heterocycles. The molecule has 9 nitrogen and oxygen atoms in total. The van der Waals surface area contributed by atoms with Crippen LogP contribution in [-0.2, 0) is 10.9 Å². The van der Waals surface area contributed by atoms with E-state index in [1.807, 2.05) is 17.0 Å². The SMILES string of the molecule is NC1=NC=C(c2nc(N3CCOCC3)ccc2C(F)(F)F)N(c2ncccc2N2CCC(N)CC2)C1. The molecule has 0 unspecified atom stereocenters. The van der Waals surface area contributed by atoms with Crippen LogP contribution in [-0.4, -0.2) is 67.8 Å². The zero-order valence-corrected chi connectivity index (χ0v) is 19.8. The van der Waals surface area contributed by atoms with Crippen molar-refractivity contribution in [2.75, 3.05) is 60.6 Å². The van der Waals surface area contributed by atoms with Gasteiger partial charge in [0, 0.05) is 38.4 Å². The van der Waals surface area contributed by atoms with Gasteiger partial charge in [-0.25, -0.2) is 15.0 Å². The molecule has 2 saturated heterocycles. The highest BCUT2D eigenvalue weighted by atomic mass is 19.4. The van der Waals surface area contributed by atoms with Gasteiger partial charge in [0.1, 0.15) is 17.3 Å². The van der Waals surface area contributed by atoms with Crippen molar-refractivity contribution in [1.82, 2.24) is 9.97 Å². The summed E-state index contributed by atoms with van der Waals surface area (Å²) in [6, 6.07) is 6.36. The molecule has 0 radical (unpaired) electrons. The average molecular weight is 503 g/mol. The van der Waals surface area contributed by atoms with E-state index in [0.29, 0.717) is 37.9 Å². The minimum Gasteiger partial charge on any atom is -0.386 e. The Kier molecular flexibility index (Phi) is 6.71. The van der Waals surface area contributed by atoms with Gasteiger partial charge in [-0.15, -0.1) is 0 Å². The molecule has 12 heteroatoms. The zero-order chi connectivity index (χ0) is 25.3. The molecule has 0 spiro atoms. The number of amidine groups is 1. The molecule has 5 rings (SSSR count). The van der Waals surface area contributed by atoms with Crippen LogP contribution >= 0.6 is 0 Å². The highest BCUT2D eigenvalue weighted by Crippen LogP contribution is 2.40. The van der Waals surface area contributed by atoms with E-state index in [1.165, 1.54) is 12.3 Å². The van der Waals surface area contributed by atoms with Gasteiger partial charge in [-0.3, -0.25) is 0 Å². The molecular formula is C24H29F3N8O. The number of hydrogen-bond acceptors (Lipinski definition) is 9. The van der Waals surface area contributed by atoms with Crippen molar-refractivity contribution in [1.29, 1.82) is 0 Å². The zero-order valence-electron chi connectivity index (χ0n) is 19.8. The molecule has 2 aromatic heterocycles. The minimum absolute atomic E-state index is 0.0873. The first-order valence-electron chi connectivity index (χ1n) is 12.0. The molecule has 2 aromatic rings. The van der Waals surface area contributed by atoms with E-state index in [4.69, 9.17) is 16.2 Å². The van der Waals surface area contributed by atoms with Crippen LogP contribution in [0.1, 0.15) is 24.1 Å². The summed E-state index contributed by atoms with van der Waals surface area (Å²) in [7, 11) is 0. The predicted molar refractivity (Wildman–Crippen MR) is 133 cm³/mol. The van der Waals surface area contributed by atoms with E-state index in [1.54, 1.807) is 11.1 Å². The molecule has 2 fully saturated rings. The molecule has 192 valence electrons. The van der Waals surface area contributed by atoms with E-state index in [9.17, 15) is 13.2 Å². The van der Waals surface area contributed by atoms with Crippen molar-refractivity contribution < 1.29 is 17.9 Å². The quantitative estimate of drug-likeness (QED) is 0.656. The van der Waals surface area contributed by atoms with Gasteiger partial charge in [-0.2, -0.15) is 13.2 Å². The molecule has 36 heavy (non-hydrogen) atoms. The lowest BCUT2D eigenvalue weighted by molar-refractivity contribution is -0.138. The number of nitrogens with two attached hydrogens (primary N) is 2. The normalized spacial score (nSPS) is 19.8. The van der Waals surface area contributed by atoms with Crippen molar-refractivity contribution in [2.24, 2.45) is 16.5 Å². The maximum Gasteiger partial charge on any atom is 0.418 e.